The Morgan fingerprint density at radius 1 is 1.19 bits per heavy atom. The minimum atomic E-state index is -0.344. The number of likely N-dealkylation sites (tertiary alicyclic amines) is 1. The van der Waals surface area contributed by atoms with Gasteiger partial charge in [0, 0.05) is 12.0 Å². The third-order valence-electron chi connectivity index (χ3n) is 6.56. The number of amides is 1. The highest BCUT2D eigenvalue weighted by Crippen LogP contribution is 2.47. The van der Waals surface area contributed by atoms with Gasteiger partial charge in [0.05, 0.1) is 18.6 Å². The highest BCUT2D eigenvalue weighted by Gasteiger charge is 2.44. The topological polar surface area (TPSA) is 40.5 Å². The number of rotatable bonds is 11. The summed E-state index contributed by atoms with van der Waals surface area (Å²) in [7, 11) is 0. The standard InChI is InChI=1S/C24H35NO2/c1-2-3-4-5-9-18-25-21(19-23(25)27)14-10-15-22(26)24(16-11-17-24)20-12-7-6-8-13-20/h6-8,10,12-14,21-22,26H,2-5,9,11,15-19H2,1H3/b14-10+. The summed E-state index contributed by atoms with van der Waals surface area (Å²) in [6.07, 6.45) is 14.7. The van der Waals surface area contributed by atoms with Crippen LogP contribution in [-0.4, -0.2) is 34.6 Å². The van der Waals surface area contributed by atoms with E-state index in [1.54, 1.807) is 0 Å². The minimum Gasteiger partial charge on any atom is -0.392 e. The Bertz CT molecular complexity index is 621. The molecule has 2 fully saturated rings. The first kappa shape index (κ1) is 20.1. The van der Waals surface area contributed by atoms with E-state index in [2.05, 4.69) is 43.3 Å². The van der Waals surface area contributed by atoms with Crippen LogP contribution < -0.4 is 0 Å². The quantitative estimate of drug-likeness (QED) is 0.339. The second-order valence-corrected chi connectivity index (χ2v) is 8.33. The van der Waals surface area contributed by atoms with Crippen molar-refractivity contribution in [3.8, 4) is 0 Å². The number of nitrogens with zero attached hydrogens (tertiary/aromatic N) is 1. The predicted octanol–water partition coefficient (Wildman–Crippen LogP) is 4.99. The molecule has 1 aromatic rings. The number of hydrogen-bond donors (Lipinski definition) is 1. The number of hydrogen-bond acceptors (Lipinski definition) is 2. The van der Waals surface area contributed by atoms with Crippen LogP contribution in [0.15, 0.2) is 42.5 Å². The van der Waals surface area contributed by atoms with Crippen molar-refractivity contribution >= 4 is 5.91 Å². The number of aliphatic hydroxyl groups is 1. The molecular formula is C24H35NO2. The van der Waals surface area contributed by atoms with Crippen LogP contribution in [0.25, 0.3) is 0 Å². The molecule has 3 rings (SSSR count). The fourth-order valence-corrected chi connectivity index (χ4v) is 4.56. The molecule has 1 saturated carbocycles. The van der Waals surface area contributed by atoms with Gasteiger partial charge in [0.2, 0.25) is 5.91 Å². The molecule has 2 unspecified atom stereocenters. The molecule has 0 spiro atoms. The molecule has 2 atom stereocenters. The first-order chi connectivity index (χ1) is 13.2. The van der Waals surface area contributed by atoms with Gasteiger partial charge in [-0.2, -0.15) is 0 Å². The molecule has 148 valence electrons. The van der Waals surface area contributed by atoms with E-state index < -0.39 is 0 Å². The van der Waals surface area contributed by atoms with Gasteiger partial charge in [0.1, 0.15) is 0 Å². The van der Waals surface area contributed by atoms with Crippen molar-refractivity contribution in [3.05, 3.63) is 48.0 Å². The van der Waals surface area contributed by atoms with Gasteiger partial charge in [-0.05, 0) is 31.2 Å². The van der Waals surface area contributed by atoms with Gasteiger partial charge in [-0.25, -0.2) is 0 Å². The van der Waals surface area contributed by atoms with E-state index in [9.17, 15) is 9.90 Å². The summed E-state index contributed by atoms with van der Waals surface area (Å²) in [6.45, 7) is 3.10. The molecule has 1 aliphatic heterocycles. The third-order valence-corrected chi connectivity index (χ3v) is 6.56. The van der Waals surface area contributed by atoms with Crippen LogP contribution in [0.1, 0.15) is 76.7 Å². The lowest BCUT2D eigenvalue weighted by Crippen LogP contribution is -2.51. The summed E-state index contributed by atoms with van der Waals surface area (Å²) < 4.78 is 0. The molecule has 1 aliphatic carbocycles. The van der Waals surface area contributed by atoms with Crippen molar-refractivity contribution < 1.29 is 9.90 Å². The normalized spacial score (nSPS) is 22.5. The Morgan fingerprint density at radius 3 is 2.56 bits per heavy atom. The molecule has 2 aliphatic rings. The summed E-state index contributed by atoms with van der Waals surface area (Å²) >= 11 is 0. The number of carbonyl (C=O) groups is 1. The summed E-state index contributed by atoms with van der Waals surface area (Å²) in [6, 6.07) is 10.7. The molecule has 3 heteroatoms. The summed E-state index contributed by atoms with van der Waals surface area (Å²) in [5, 5.41) is 10.9. The highest BCUT2D eigenvalue weighted by atomic mass is 16.3. The van der Waals surface area contributed by atoms with Gasteiger partial charge in [-0.1, -0.05) is 81.5 Å². The Hall–Kier alpha value is -1.61. The lowest BCUT2D eigenvalue weighted by molar-refractivity contribution is -0.143. The monoisotopic (exact) mass is 369 g/mol. The first-order valence-electron chi connectivity index (χ1n) is 10.9. The number of carbonyl (C=O) groups excluding carboxylic acids is 1. The number of benzene rings is 1. The van der Waals surface area contributed by atoms with Crippen LogP contribution in [-0.2, 0) is 10.2 Å². The van der Waals surface area contributed by atoms with Crippen LogP contribution in [0.4, 0.5) is 0 Å². The van der Waals surface area contributed by atoms with Gasteiger partial charge in [0.25, 0.3) is 0 Å². The van der Waals surface area contributed by atoms with E-state index in [0.717, 1.165) is 25.8 Å². The van der Waals surface area contributed by atoms with E-state index in [-0.39, 0.29) is 23.5 Å². The van der Waals surface area contributed by atoms with Crippen molar-refractivity contribution in [1.29, 1.82) is 0 Å². The van der Waals surface area contributed by atoms with Crippen LogP contribution in [0.3, 0.4) is 0 Å². The van der Waals surface area contributed by atoms with E-state index in [4.69, 9.17) is 0 Å². The Balaban J connectivity index is 1.47. The number of aliphatic hydroxyl groups excluding tert-OH is 1. The smallest absolute Gasteiger partial charge is 0.225 e. The molecule has 0 radical (unpaired) electrons. The van der Waals surface area contributed by atoms with Crippen molar-refractivity contribution in [2.45, 2.75) is 88.7 Å². The van der Waals surface area contributed by atoms with E-state index in [0.29, 0.717) is 12.8 Å². The zero-order valence-electron chi connectivity index (χ0n) is 16.8. The van der Waals surface area contributed by atoms with Crippen molar-refractivity contribution in [1.82, 2.24) is 4.90 Å². The van der Waals surface area contributed by atoms with Gasteiger partial charge < -0.3 is 10.0 Å². The lowest BCUT2D eigenvalue weighted by atomic mass is 9.60. The van der Waals surface area contributed by atoms with Crippen molar-refractivity contribution in [2.24, 2.45) is 0 Å². The van der Waals surface area contributed by atoms with E-state index in [1.165, 1.54) is 37.7 Å². The second kappa shape index (κ2) is 9.54. The zero-order valence-corrected chi connectivity index (χ0v) is 16.8. The van der Waals surface area contributed by atoms with Crippen LogP contribution in [0.2, 0.25) is 0 Å². The van der Waals surface area contributed by atoms with Crippen LogP contribution in [0, 0.1) is 0 Å². The van der Waals surface area contributed by atoms with Gasteiger partial charge in [-0.3, -0.25) is 4.79 Å². The van der Waals surface area contributed by atoms with E-state index in [1.807, 2.05) is 11.0 Å². The summed E-state index contributed by atoms with van der Waals surface area (Å²) in [5.74, 6) is 0.278. The Labute approximate surface area is 164 Å². The largest absolute Gasteiger partial charge is 0.392 e. The molecular weight excluding hydrogens is 334 g/mol. The second-order valence-electron chi connectivity index (χ2n) is 8.33. The molecule has 0 bridgehead atoms. The minimum absolute atomic E-state index is 0.0694. The molecule has 27 heavy (non-hydrogen) atoms. The molecule has 3 nitrogen and oxygen atoms in total. The average molecular weight is 370 g/mol. The van der Waals surface area contributed by atoms with E-state index >= 15 is 0 Å². The van der Waals surface area contributed by atoms with Crippen molar-refractivity contribution in [2.75, 3.05) is 6.54 Å². The van der Waals surface area contributed by atoms with Crippen LogP contribution in [0.5, 0.6) is 0 Å². The lowest BCUT2D eigenvalue weighted by Gasteiger charge is -2.46. The first-order valence-corrected chi connectivity index (χ1v) is 10.9. The molecule has 1 heterocycles. The summed E-state index contributed by atoms with van der Waals surface area (Å²) in [5.41, 5.74) is 1.20. The van der Waals surface area contributed by atoms with Crippen LogP contribution >= 0.6 is 0 Å². The number of unbranched alkanes of at least 4 members (excludes halogenated alkanes) is 4. The predicted molar refractivity (Wildman–Crippen MR) is 111 cm³/mol. The Morgan fingerprint density at radius 2 is 1.93 bits per heavy atom. The SMILES string of the molecule is CCCCCCCN1C(=O)CC1/C=C/CC(O)C1(c2ccccc2)CCC1. The Kier molecular flexibility index (Phi) is 7.12. The fraction of sp³-hybridized carbons (Fsp3) is 0.625. The molecule has 1 saturated heterocycles. The maximum atomic E-state index is 11.9. The van der Waals surface area contributed by atoms with Gasteiger partial charge in [0.15, 0.2) is 0 Å². The average Bonchev–Trinajstić information content (AvgIpc) is 2.64. The zero-order chi connectivity index (χ0) is 19.1. The molecule has 1 aromatic carbocycles. The van der Waals surface area contributed by atoms with Crippen molar-refractivity contribution in [3.63, 3.8) is 0 Å². The molecule has 1 N–H and O–H groups in total. The number of β-lactam (4-membered cyclic amide) rings is 1. The van der Waals surface area contributed by atoms with Gasteiger partial charge in [-0.15, -0.1) is 0 Å². The summed E-state index contributed by atoms with van der Waals surface area (Å²) in [4.78, 5) is 13.9. The maximum Gasteiger partial charge on any atom is 0.225 e. The molecule has 1 amide bonds. The third kappa shape index (κ3) is 4.63. The highest BCUT2D eigenvalue weighted by molar-refractivity contribution is 5.83. The fourth-order valence-electron chi connectivity index (χ4n) is 4.56. The molecule has 0 aromatic heterocycles. The van der Waals surface area contributed by atoms with Gasteiger partial charge >= 0.3 is 0 Å². The maximum absolute atomic E-state index is 11.9.